The number of para-hydroxylation sites is 1. The second kappa shape index (κ2) is 7.59. The van der Waals surface area contributed by atoms with Gasteiger partial charge in [0.05, 0.1) is 28.8 Å². The van der Waals surface area contributed by atoms with Crippen LogP contribution in [0.4, 0.5) is 11.4 Å². The zero-order valence-electron chi connectivity index (χ0n) is 16.2. The molecule has 1 heterocycles. The Morgan fingerprint density at radius 2 is 1.83 bits per heavy atom. The highest BCUT2D eigenvalue weighted by Crippen LogP contribution is 2.40. The van der Waals surface area contributed by atoms with Crippen LogP contribution in [0.5, 0.6) is 0 Å². The van der Waals surface area contributed by atoms with Gasteiger partial charge in [0, 0.05) is 5.56 Å². The van der Waals surface area contributed by atoms with Crippen LogP contribution >= 0.6 is 0 Å². The molecular weight excluding hydrogens is 384 g/mol. The summed E-state index contributed by atoms with van der Waals surface area (Å²) in [4.78, 5) is 51.1. The fourth-order valence-corrected chi connectivity index (χ4v) is 4.16. The summed E-state index contributed by atoms with van der Waals surface area (Å²) in [5.41, 5.74) is 0.692. The number of hydrogen-bond acceptors (Lipinski definition) is 4. The molecule has 2 aromatic carbocycles. The molecule has 0 unspecified atom stereocenters. The van der Waals surface area contributed by atoms with Gasteiger partial charge in [0.25, 0.3) is 5.91 Å². The maximum Gasteiger partial charge on any atom is 0.337 e. The third kappa shape index (κ3) is 3.28. The van der Waals surface area contributed by atoms with Gasteiger partial charge in [-0.05, 0) is 42.7 Å². The van der Waals surface area contributed by atoms with Crippen LogP contribution in [-0.2, 0) is 9.59 Å². The SMILES string of the molecule is C[C@@H]1C=CC[C@H]2C(=O)N(c3cccc(C(=O)Nc4ccccc4C(=O)O)c3)C(=O)[C@@H]12. The number of hydrogen-bond donors (Lipinski definition) is 2. The number of fused-ring (bicyclic) bond motifs is 1. The molecule has 2 N–H and O–H groups in total. The Labute approximate surface area is 173 Å². The second-order valence-electron chi connectivity index (χ2n) is 7.52. The number of aromatic carboxylic acids is 1. The van der Waals surface area contributed by atoms with E-state index in [-0.39, 0.29) is 46.4 Å². The minimum absolute atomic E-state index is 0.0239. The number of allylic oxidation sites excluding steroid dienone is 2. The van der Waals surface area contributed by atoms with Crippen molar-refractivity contribution in [2.24, 2.45) is 17.8 Å². The molecule has 1 aliphatic heterocycles. The average Bonchev–Trinajstić information content (AvgIpc) is 2.99. The Kier molecular flexibility index (Phi) is 4.95. The lowest BCUT2D eigenvalue weighted by atomic mass is 9.78. The van der Waals surface area contributed by atoms with E-state index in [2.05, 4.69) is 5.32 Å². The van der Waals surface area contributed by atoms with Crippen molar-refractivity contribution >= 4 is 35.1 Å². The first-order chi connectivity index (χ1) is 14.4. The van der Waals surface area contributed by atoms with E-state index in [9.17, 15) is 24.3 Å². The Balaban J connectivity index is 1.61. The molecule has 0 aromatic heterocycles. The van der Waals surface area contributed by atoms with E-state index in [0.717, 1.165) is 0 Å². The van der Waals surface area contributed by atoms with Crippen LogP contribution in [0.2, 0.25) is 0 Å². The minimum Gasteiger partial charge on any atom is -0.478 e. The van der Waals surface area contributed by atoms with E-state index in [0.29, 0.717) is 12.1 Å². The monoisotopic (exact) mass is 404 g/mol. The van der Waals surface area contributed by atoms with Gasteiger partial charge in [-0.15, -0.1) is 0 Å². The number of carbonyl (C=O) groups is 4. The maximum atomic E-state index is 13.0. The van der Waals surface area contributed by atoms with Gasteiger partial charge in [-0.2, -0.15) is 0 Å². The summed E-state index contributed by atoms with van der Waals surface area (Å²) >= 11 is 0. The largest absolute Gasteiger partial charge is 0.478 e. The first-order valence-electron chi connectivity index (χ1n) is 9.66. The Morgan fingerprint density at radius 3 is 2.57 bits per heavy atom. The van der Waals surface area contributed by atoms with Gasteiger partial charge in [0.2, 0.25) is 11.8 Å². The van der Waals surface area contributed by atoms with Gasteiger partial charge in [-0.1, -0.05) is 37.3 Å². The summed E-state index contributed by atoms with van der Waals surface area (Å²) in [7, 11) is 0. The number of rotatable bonds is 4. The maximum absolute atomic E-state index is 13.0. The van der Waals surface area contributed by atoms with E-state index < -0.39 is 11.9 Å². The highest BCUT2D eigenvalue weighted by Gasteiger charge is 2.50. The number of carbonyl (C=O) groups excluding carboxylic acids is 3. The molecule has 7 heteroatoms. The van der Waals surface area contributed by atoms with Crippen molar-refractivity contribution in [1.82, 2.24) is 0 Å². The smallest absolute Gasteiger partial charge is 0.337 e. The van der Waals surface area contributed by atoms with Crippen molar-refractivity contribution in [3.8, 4) is 0 Å². The Morgan fingerprint density at radius 1 is 1.07 bits per heavy atom. The number of nitrogens with one attached hydrogen (secondary N) is 1. The van der Waals surface area contributed by atoms with Gasteiger partial charge >= 0.3 is 5.97 Å². The molecule has 0 spiro atoms. The number of carboxylic acids is 1. The van der Waals surface area contributed by atoms with Crippen LogP contribution in [0.3, 0.4) is 0 Å². The van der Waals surface area contributed by atoms with E-state index in [1.54, 1.807) is 30.3 Å². The molecule has 0 saturated carbocycles. The summed E-state index contributed by atoms with van der Waals surface area (Å²) in [6.07, 6.45) is 4.42. The van der Waals surface area contributed by atoms with Crippen LogP contribution in [0, 0.1) is 17.8 Å². The second-order valence-corrected chi connectivity index (χ2v) is 7.52. The summed E-state index contributed by atoms with van der Waals surface area (Å²) in [5, 5.41) is 11.9. The van der Waals surface area contributed by atoms with Crippen molar-refractivity contribution in [1.29, 1.82) is 0 Å². The molecule has 2 aromatic rings. The molecule has 152 valence electrons. The predicted octanol–water partition coefficient (Wildman–Crippen LogP) is 3.34. The molecule has 0 bridgehead atoms. The number of amides is 3. The third-order valence-corrected chi connectivity index (χ3v) is 5.64. The summed E-state index contributed by atoms with van der Waals surface area (Å²) in [5.74, 6) is -2.98. The van der Waals surface area contributed by atoms with Gasteiger partial charge < -0.3 is 10.4 Å². The Hall–Kier alpha value is -3.74. The van der Waals surface area contributed by atoms with Crippen LogP contribution in [-0.4, -0.2) is 28.8 Å². The molecule has 3 atom stereocenters. The Bertz CT molecular complexity index is 1090. The molecule has 0 radical (unpaired) electrons. The number of imide groups is 1. The lowest BCUT2D eigenvalue weighted by Gasteiger charge is -2.22. The molecule has 30 heavy (non-hydrogen) atoms. The van der Waals surface area contributed by atoms with Gasteiger partial charge in [-0.25, -0.2) is 4.79 Å². The highest BCUT2D eigenvalue weighted by atomic mass is 16.4. The standard InChI is InChI=1S/C23H20N2O5/c1-13-6-4-10-17-19(13)22(28)25(21(17)27)15-8-5-7-14(12-15)20(26)24-18-11-3-2-9-16(18)23(29)30/h2-9,11-13,17,19H,10H2,1H3,(H,24,26)(H,29,30)/t13-,17-,19+/m1/s1. The van der Waals surface area contributed by atoms with Crippen LogP contribution in [0.15, 0.2) is 60.7 Å². The van der Waals surface area contributed by atoms with E-state index >= 15 is 0 Å². The summed E-state index contributed by atoms with van der Waals surface area (Å²) in [6, 6.07) is 12.3. The molecule has 2 aliphatic rings. The number of carboxylic acid groups (broad SMARTS) is 1. The average molecular weight is 404 g/mol. The predicted molar refractivity (Wildman–Crippen MR) is 110 cm³/mol. The highest BCUT2D eigenvalue weighted by molar-refractivity contribution is 6.22. The minimum atomic E-state index is -1.15. The number of benzene rings is 2. The normalized spacial score (nSPS) is 22.7. The van der Waals surface area contributed by atoms with Gasteiger partial charge in [-0.3, -0.25) is 19.3 Å². The van der Waals surface area contributed by atoms with Crippen LogP contribution in [0.25, 0.3) is 0 Å². The molecule has 7 nitrogen and oxygen atoms in total. The van der Waals surface area contributed by atoms with Gasteiger partial charge in [0.1, 0.15) is 0 Å². The number of anilines is 2. The van der Waals surface area contributed by atoms with Crippen molar-refractivity contribution in [2.45, 2.75) is 13.3 Å². The fourth-order valence-electron chi connectivity index (χ4n) is 4.16. The quantitative estimate of drug-likeness (QED) is 0.601. The number of nitrogens with zero attached hydrogens (tertiary/aromatic N) is 1. The third-order valence-electron chi connectivity index (χ3n) is 5.64. The van der Waals surface area contributed by atoms with E-state index in [4.69, 9.17) is 0 Å². The summed E-state index contributed by atoms with van der Waals surface area (Å²) in [6.45, 7) is 1.92. The first kappa shape index (κ1) is 19.6. The molecular formula is C23H20N2O5. The summed E-state index contributed by atoms with van der Waals surface area (Å²) < 4.78 is 0. The first-order valence-corrected chi connectivity index (χ1v) is 9.66. The lowest BCUT2D eigenvalue weighted by Crippen LogP contribution is -2.31. The van der Waals surface area contributed by atoms with Crippen molar-refractivity contribution in [3.63, 3.8) is 0 Å². The van der Waals surface area contributed by atoms with Gasteiger partial charge in [0.15, 0.2) is 0 Å². The van der Waals surface area contributed by atoms with Crippen molar-refractivity contribution in [3.05, 3.63) is 71.8 Å². The fraction of sp³-hybridized carbons (Fsp3) is 0.217. The van der Waals surface area contributed by atoms with Crippen molar-refractivity contribution < 1.29 is 24.3 Å². The molecule has 1 aliphatic carbocycles. The zero-order valence-corrected chi connectivity index (χ0v) is 16.2. The molecule has 3 amide bonds. The van der Waals surface area contributed by atoms with Crippen molar-refractivity contribution in [2.75, 3.05) is 10.2 Å². The van der Waals surface area contributed by atoms with E-state index in [1.165, 1.54) is 23.1 Å². The lowest BCUT2D eigenvalue weighted by molar-refractivity contribution is -0.122. The van der Waals surface area contributed by atoms with Crippen LogP contribution in [0.1, 0.15) is 34.1 Å². The zero-order chi connectivity index (χ0) is 21.4. The molecule has 4 rings (SSSR count). The van der Waals surface area contributed by atoms with E-state index in [1.807, 2.05) is 19.1 Å². The topological polar surface area (TPSA) is 104 Å². The molecule has 1 saturated heterocycles. The van der Waals surface area contributed by atoms with Crippen LogP contribution < -0.4 is 10.2 Å². The molecule has 1 fully saturated rings.